The maximum atomic E-state index is 4.67. The van der Waals surface area contributed by atoms with Gasteiger partial charge in [0.25, 0.3) is 0 Å². The summed E-state index contributed by atoms with van der Waals surface area (Å²) in [5, 5.41) is 5.79. The predicted octanol–water partition coefficient (Wildman–Crippen LogP) is 0.607. The average molecular weight is 293 g/mol. The smallest absolute Gasteiger partial charge is 0.412 e. The van der Waals surface area contributed by atoms with Crippen LogP contribution in [-0.4, -0.2) is 21.7 Å². The van der Waals surface area contributed by atoms with E-state index >= 15 is 0 Å². The SMILES string of the molecule is S=C([S-])NCCCCNC(=S)[S-].[Mn+2]. The van der Waals surface area contributed by atoms with Crippen molar-refractivity contribution >= 4 is 58.3 Å². The number of thiocarbonyl (C=S) groups is 2. The summed E-state index contributed by atoms with van der Waals surface area (Å²) in [7, 11) is 0. The second-order valence-electron chi connectivity index (χ2n) is 2.14. The molecule has 0 saturated heterocycles. The molecule has 0 bridgehead atoms. The number of nitrogens with one attached hydrogen (secondary N) is 2. The fourth-order valence-corrected chi connectivity index (χ4v) is 1.04. The third kappa shape index (κ3) is 15.5. The van der Waals surface area contributed by atoms with Crippen molar-refractivity contribution in [2.75, 3.05) is 13.1 Å². The van der Waals surface area contributed by atoms with Crippen LogP contribution in [0.5, 0.6) is 0 Å². The zero-order chi connectivity index (χ0) is 9.40. The van der Waals surface area contributed by atoms with Crippen molar-refractivity contribution in [1.29, 1.82) is 0 Å². The Bertz CT molecular complexity index is 147. The minimum absolute atomic E-state index is 0. The summed E-state index contributed by atoms with van der Waals surface area (Å²) in [6.07, 6.45) is 2.03. The van der Waals surface area contributed by atoms with Crippen molar-refractivity contribution in [3.63, 3.8) is 0 Å². The summed E-state index contributed by atoms with van der Waals surface area (Å²) in [6.45, 7) is 1.66. The van der Waals surface area contributed by atoms with Gasteiger partial charge in [0.1, 0.15) is 0 Å². The molecule has 0 heterocycles. The molecule has 0 aromatic carbocycles. The molecular weight excluding hydrogens is 283 g/mol. The topological polar surface area (TPSA) is 24.1 Å². The minimum atomic E-state index is 0. The first-order chi connectivity index (χ1) is 5.63. The molecule has 0 spiro atoms. The van der Waals surface area contributed by atoms with E-state index in [0.29, 0.717) is 8.64 Å². The maximum absolute atomic E-state index is 4.67. The zero-order valence-electron chi connectivity index (χ0n) is 6.84. The van der Waals surface area contributed by atoms with Gasteiger partial charge in [0.15, 0.2) is 0 Å². The monoisotopic (exact) mass is 293 g/mol. The third-order valence-corrected chi connectivity index (χ3v) is 1.72. The molecule has 0 aromatic rings. The van der Waals surface area contributed by atoms with E-state index < -0.39 is 0 Å². The normalized spacial score (nSPS) is 8.31. The van der Waals surface area contributed by atoms with Gasteiger partial charge in [-0.15, -0.1) is 0 Å². The van der Waals surface area contributed by atoms with Gasteiger partial charge in [0, 0.05) is 13.1 Å². The Hall–Kier alpha value is 0.739. The van der Waals surface area contributed by atoms with Crippen LogP contribution in [-0.2, 0) is 42.3 Å². The van der Waals surface area contributed by atoms with E-state index in [9.17, 15) is 0 Å². The van der Waals surface area contributed by atoms with E-state index in [2.05, 4.69) is 60.3 Å². The molecule has 0 amide bonds. The number of rotatable bonds is 5. The largest absolute Gasteiger partial charge is 2.00 e. The summed E-state index contributed by atoms with van der Waals surface area (Å²) in [5.41, 5.74) is 0. The van der Waals surface area contributed by atoms with Crippen molar-refractivity contribution < 1.29 is 17.1 Å². The summed E-state index contributed by atoms with van der Waals surface area (Å²) < 4.78 is 0.864. The van der Waals surface area contributed by atoms with Crippen LogP contribution in [0.3, 0.4) is 0 Å². The fraction of sp³-hybridized carbons (Fsp3) is 0.667. The quantitative estimate of drug-likeness (QED) is 0.333. The molecule has 2 nitrogen and oxygen atoms in total. The first-order valence-corrected chi connectivity index (χ1v) is 5.16. The molecule has 2 N–H and O–H groups in total. The molecule has 1 radical (unpaired) electrons. The Balaban J connectivity index is 0. The molecule has 7 heteroatoms. The molecule has 0 rings (SSSR count). The molecule has 0 fully saturated rings. The van der Waals surface area contributed by atoms with E-state index in [-0.39, 0.29) is 17.1 Å². The van der Waals surface area contributed by atoms with Crippen molar-refractivity contribution in [2.45, 2.75) is 12.8 Å². The summed E-state index contributed by atoms with van der Waals surface area (Å²) in [5.74, 6) is 0. The molecule has 0 aliphatic rings. The van der Waals surface area contributed by atoms with Crippen LogP contribution in [0.15, 0.2) is 0 Å². The Morgan fingerprint density at radius 2 is 1.23 bits per heavy atom. The van der Waals surface area contributed by atoms with Gasteiger partial charge >= 0.3 is 17.1 Å². The molecule has 13 heavy (non-hydrogen) atoms. The van der Waals surface area contributed by atoms with Gasteiger partial charge in [-0.25, -0.2) is 0 Å². The van der Waals surface area contributed by atoms with Gasteiger partial charge in [0.2, 0.25) is 0 Å². The van der Waals surface area contributed by atoms with E-state index in [0.717, 1.165) is 25.9 Å². The van der Waals surface area contributed by atoms with Gasteiger partial charge in [-0.2, -0.15) is 0 Å². The van der Waals surface area contributed by atoms with Crippen LogP contribution in [0.4, 0.5) is 0 Å². The summed E-state index contributed by atoms with van der Waals surface area (Å²) in [4.78, 5) is 0. The van der Waals surface area contributed by atoms with Gasteiger partial charge < -0.3 is 60.3 Å². The first kappa shape index (κ1) is 16.2. The molecule has 0 atom stereocenters. The average Bonchev–Trinajstić information content (AvgIpc) is 1.95. The Kier molecular flexibility index (Phi) is 13.5. The second-order valence-corrected chi connectivity index (χ2v) is 4.29. The van der Waals surface area contributed by atoms with Crippen molar-refractivity contribution in [3.05, 3.63) is 0 Å². The van der Waals surface area contributed by atoms with Crippen molar-refractivity contribution in [1.82, 2.24) is 10.6 Å². The summed E-state index contributed by atoms with van der Waals surface area (Å²) >= 11 is 18.7. The van der Waals surface area contributed by atoms with Crippen molar-refractivity contribution in [2.24, 2.45) is 0 Å². The van der Waals surface area contributed by atoms with E-state index in [1.54, 1.807) is 0 Å². The molecule has 0 aliphatic heterocycles. The molecule has 75 valence electrons. The van der Waals surface area contributed by atoms with Crippen LogP contribution in [0.1, 0.15) is 12.8 Å². The molecule has 0 saturated carbocycles. The maximum Gasteiger partial charge on any atom is 2.00 e. The first-order valence-electron chi connectivity index (χ1n) is 3.52. The van der Waals surface area contributed by atoms with E-state index in [4.69, 9.17) is 0 Å². The molecular formula is C6H10MnN2S4. The molecule has 0 aromatic heterocycles. The predicted molar refractivity (Wildman–Crippen MR) is 65.2 cm³/mol. The van der Waals surface area contributed by atoms with Crippen LogP contribution < -0.4 is 10.6 Å². The van der Waals surface area contributed by atoms with E-state index in [1.165, 1.54) is 0 Å². The number of unbranched alkanes of at least 4 members (excludes halogenated alkanes) is 1. The van der Waals surface area contributed by atoms with Crippen molar-refractivity contribution in [3.8, 4) is 0 Å². The third-order valence-electron chi connectivity index (χ3n) is 1.14. The van der Waals surface area contributed by atoms with Crippen LogP contribution in [0, 0.1) is 0 Å². The number of hydrogen-bond donors (Lipinski definition) is 2. The number of hydrogen-bond acceptors (Lipinski definition) is 4. The van der Waals surface area contributed by atoms with E-state index in [1.807, 2.05) is 0 Å². The van der Waals surface area contributed by atoms with Gasteiger partial charge in [-0.1, -0.05) is 8.64 Å². The Labute approximate surface area is 111 Å². The fourth-order valence-electron chi connectivity index (χ4n) is 0.631. The van der Waals surface area contributed by atoms with Gasteiger partial charge in [-0.3, -0.25) is 0 Å². The van der Waals surface area contributed by atoms with Gasteiger partial charge in [-0.05, 0) is 12.8 Å². The zero-order valence-corrected chi connectivity index (χ0v) is 11.3. The van der Waals surface area contributed by atoms with Crippen LogP contribution in [0.2, 0.25) is 0 Å². The van der Waals surface area contributed by atoms with Crippen LogP contribution in [0.25, 0.3) is 0 Å². The van der Waals surface area contributed by atoms with Crippen LogP contribution >= 0.6 is 24.4 Å². The minimum Gasteiger partial charge on any atom is -0.412 e. The molecule has 0 aliphatic carbocycles. The Morgan fingerprint density at radius 3 is 1.46 bits per heavy atom. The molecule has 0 unspecified atom stereocenters. The standard InChI is InChI=1S/C6H12N2S4.Mn/c9-5(10)7-3-1-2-4-8-6(11)12;/h1-4H2,(H2,7,9,10)(H2,8,11,12);/q;+2/p-2. The second kappa shape index (κ2) is 10.8. The summed E-state index contributed by atoms with van der Waals surface area (Å²) in [6, 6.07) is 0. The Morgan fingerprint density at radius 1 is 0.923 bits per heavy atom. The van der Waals surface area contributed by atoms with Gasteiger partial charge in [0.05, 0.1) is 0 Å².